The molecule has 0 unspecified atom stereocenters. The Morgan fingerprint density at radius 1 is 0.957 bits per heavy atom. The Morgan fingerprint density at radius 3 is 2.39 bits per heavy atom. The quantitative estimate of drug-likeness (QED) is 0.753. The van der Waals surface area contributed by atoms with Crippen LogP contribution in [-0.2, 0) is 11.3 Å². The van der Waals surface area contributed by atoms with Crippen molar-refractivity contribution in [3.05, 3.63) is 65.7 Å². The first-order valence-electron chi connectivity index (χ1n) is 8.34. The molecule has 1 saturated carbocycles. The third-order valence-corrected chi connectivity index (χ3v) is 4.48. The van der Waals surface area contributed by atoms with Gasteiger partial charge < -0.3 is 14.8 Å². The molecule has 3 heteroatoms. The van der Waals surface area contributed by atoms with Crippen LogP contribution in [0.4, 0.5) is 0 Å². The summed E-state index contributed by atoms with van der Waals surface area (Å²) in [6.45, 7) is 2.13. The second-order valence-electron chi connectivity index (χ2n) is 6.14. The van der Waals surface area contributed by atoms with Crippen LogP contribution in [0.3, 0.4) is 0 Å². The van der Waals surface area contributed by atoms with Gasteiger partial charge in [-0.3, -0.25) is 0 Å². The van der Waals surface area contributed by atoms with Crippen LogP contribution in [0.2, 0.25) is 0 Å². The molecule has 3 rings (SSSR count). The van der Waals surface area contributed by atoms with Crippen molar-refractivity contribution in [2.45, 2.75) is 31.3 Å². The van der Waals surface area contributed by atoms with E-state index >= 15 is 0 Å². The van der Waals surface area contributed by atoms with Crippen LogP contribution in [0.15, 0.2) is 54.6 Å². The van der Waals surface area contributed by atoms with Gasteiger partial charge in [0.25, 0.3) is 0 Å². The predicted octanol–water partition coefficient (Wildman–Crippen LogP) is 3.75. The lowest BCUT2D eigenvalue weighted by molar-refractivity contribution is 0.146. The summed E-state index contributed by atoms with van der Waals surface area (Å²) in [4.78, 5) is 0. The molecule has 2 aromatic carbocycles. The SMILES string of the molecule is COCCOc1ccc(CNC2CC(c3ccccc3)C2)cc1. The third-order valence-electron chi connectivity index (χ3n) is 4.48. The van der Waals surface area contributed by atoms with Crippen LogP contribution in [0.25, 0.3) is 0 Å². The summed E-state index contributed by atoms with van der Waals surface area (Å²) < 4.78 is 10.6. The number of nitrogens with one attached hydrogen (secondary N) is 1. The Kier molecular flexibility index (Phi) is 5.67. The highest BCUT2D eigenvalue weighted by Gasteiger charge is 2.29. The Labute approximate surface area is 138 Å². The van der Waals surface area contributed by atoms with Gasteiger partial charge in [0.2, 0.25) is 0 Å². The van der Waals surface area contributed by atoms with Gasteiger partial charge in [0.1, 0.15) is 12.4 Å². The molecule has 1 N–H and O–H groups in total. The van der Waals surface area contributed by atoms with Gasteiger partial charge in [-0.2, -0.15) is 0 Å². The largest absolute Gasteiger partial charge is 0.491 e. The molecule has 1 aliphatic carbocycles. The lowest BCUT2D eigenvalue weighted by atomic mass is 9.76. The van der Waals surface area contributed by atoms with Gasteiger partial charge in [-0.1, -0.05) is 42.5 Å². The summed E-state index contributed by atoms with van der Waals surface area (Å²) in [6, 6.07) is 19.8. The van der Waals surface area contributed by atoms with E-state index in [2.05, 4.69) is 47.8 Å². The van der Waals surface area contributed by atoms with Crippen molar-refractivity contribution >= 4 is 0 Å². The molecule has 122 valence electrons. The first-order chi connectivity index (χ1) is 11.3. The second kappa shape index (κ2) is 8.14. The Bertz CT molecular complexity index is 576. The molecule has 0 bridgehead atoms. The molecule has 0 spiro atoms. The van der Waals surface area contributed by atoms with E-state index in [1.807, 2.05) is 12.1 Å². The van der Waals surface area contributed by atoms with Gasteiger partial charge in [0.15, 0.2) is 0 Å². The summed E-state index contributed by atoms with van der Waals surface area (Å²) in [5.74, 6) is 1.63. The molecule has 23 heavy (non-hydrogen) atoms. The standard InChI is InChI=1S/C20H25NO2/c1-22-11-12-23-20-9-7-16(8-10-20)15-21-19-13-18(14-19)17-5-3-2-4-6-17/h2-10,18-19,21H,11-15H2,1H3. The molecule has 0 aromatic heterocycles. The summed E-state index contributed by atoms with van der Waals surface area (Å²) in [5, 5.41) is 3.65. The van der Waals surface area contributed by atoms with Crippen LogP contribution in [-0.4, -0.2) is 26.4 Å². The van der Waals surface area contributed by atoms with E-state index in [4.69, 9.17) is 9.47 Å². The molecule has 2 aromatic rings. The number of rotatable bonds is 8. The van der Waals surface area contributed by atoms with E-state index < -0.39 is 0 Å². The Morgan fingerprint density at radius 2 is 1.70 bits per heavy atom. The number of methoxy groups -OCH3 is 1. The fourth-order valence-corrected chi connectivity index (χ4v) is 2.99. The minimum Gasteiger partial charge on any atom is -0.491 e. The zero-order chi connectivity index (χ0) is 15.9. The van der Waals surface area contributed by atoms with Gasteiger partial charge in [-0.05, 0) is 42.0 Å². The summed E-state index contributed by atoms with van der Waals surface area (Å²) in [6.07, 6.45) is 2.48. The maximum absolute atomic E-state index is 5.58. The number of hydrogen-bond acceptors (Lipinski definition) is 3. The average Bonchev–Trinajstić information content (AvgIpc) is 2.56. The molecule has 0 saturated heterocycles. The predicted molar refractivity (Wildman–Crippen MR) is 92.9 cm³/mol. The third kappa shape index (κ3) is 4.57. The summed E-state index contributed by atoms with van der Waals surface area (Å²) in [7, 11) is 1.68. The summed E-state index contributed by atoms with van der Waals surface area (Å²) in [5.41, 5.74) is 2.77. The highest BCUT2D eigenvalue weighted by atomic mass is 16.5. The topological polar surface area (TPSA) is 30.5 Å². The fraction of sp³-hybridized carbons (Fsp3) is 0.400. The van der Waals surface area contributed by atoms with Crippen molar-refractivity contribution in [3.8, 4) is 5.75 Å². The van der Waals surface area contributed by atoms with Crippen LogP contribution < -0.4 is 10.1 Å². The molecule has 3 nitrogen and oxygen atoms in total. The molecule has 0 heterocycles. The lowest BCUT2D eigenvalue weighted by Crippen LogP contribution is -2.39. The van der Waals surface area contributed by atoms with Crippen LogP contribution in [0, 0.1) is 0 Å². The first kappa shape index (κ1) is 16.0. The van der Waals surface area contributed by atoms with Crippen molar-refractivity contribution in [1.82, 2.24) is 5.32 Å². The van der Waals surface area contributed by atoms with Crippen molar-refractivity contribution in [1.29, 1.82) is 0 Å². The zero-order valence-electron chi connectivity index (χ0n) is 13.7. The number of benzene rings is 2. The molecule has 1 fully saturated rings. The Balaban J connectivity index is 1.38. The minimum absolute atomic E-state index is 0.594. The van der Waals surface area contributed by atoms with Gasteiger partial charge in [-0.25, -0.2) is 0 Å². The van der Waals surface area contributed by atoms with E-state index in [1.165, 1.54) is 24.0 Å². The fourth-order valence-electron chi connectivity index (χ4n) is 2.99. The smallest absolute Gasteiger partial charge is 0.119 e. The van der Waals surface area contributed by atoms with Crippen LogP contribution >= 0.6 is 0 Å². The van der Waals surface area contributed by atoms with E-state index in [-0.39, 0.29) is 0 Å². The van der Waals surface area contributed by atoms with Gasteiger partial charge in [-0.15, -0.1) is 0 Å². The highest BCUT2D eigenvalue weighted by Crippen LogP contribution is 2.36. The zero-order valence-corrected chi connectivity index (χ0v) is 13.7. The maximum Gasteiger partial charge on any atom is 0.119 e. The number of ether oxygens (including phenoxy) is 2. The Hall–Kier alpha value is -1.84. The number of hydrogen-bond donors (Lipinski definition) is 1. The monoisotopic (exact) mass is 311 g/mol. The molecular formula is C20H25NO2. The lowest BCUT2D eigenvalue weighted by Gasteiger charge is -2.36. The normalized spacial score (nSPS) is 20.0. The van der Waals surface area contributed by atoms with Gasteiger partial charge >= 0.3 is 0 Å². The molecular weight excluding hydrogens is 286 g/mol. The first-order valence-corrected chi connectivity index (χ1v) is 8.34. The molecule has 0 atom stereocenters. The van der Waals surface area contributed by atoms with Crippen LogP contribution in [0.1, 0.15) is 29.9 Å². The summed E-state index contributed by atoms with van der Waals surface area (Å²) >= 11 is 0. The second-order valence-corrected chi connectivity index (χ2v) is 6.14. The maximum atomic E-state index is 5.58. The van der Waals surface area contributed by atoms with E-state index in [0.29, 0.717) is 19.3 Å². The highest BCUT2D eigenvalue weighted by molar-refractivity contribution is 5.27. The molecule has 0 radical (unpaired) electrons. The molecule has 0 amide bonds. The molecule has 1 aliphatic rings. The minimum atomic E-state index is 0.594. The van der Waals surface area contributed by atoms with Gasteiger partial charge in [0, 0.05) is 19.7 Å². The molecule has 0 aliphatic heterocycles. The van der Waals surface area contributed by atoms with Crippen molar-refractivity contribution in [3.63, 3.8) is 0 Å². The van der Waals surface area contributed by atoms with E-state index in [0.717, 1.165) is 18.2 Å². The van der Waals surface area contributed by atoms with E-state index in [9.17, 15) is 0 Å². The van der Waals surface area contributed by atoms with Crippen molar-refractivity contribution < 1.29 is 9.47 Å². The van der Waals surface area contributed by atoms with Crippen molar-refractivity contribution in [2.75, 3.05) is 20.3 Å². The average molecular weight is 311 g/mol. The van der Waals surface area contributed by atoms with Crippen LogP contribution in [0.5, 0.6) is 5.75 Å². The van der Waals surface area contributed by atoms with Gasteiger partial charge in [0.05, 0.1) is 6.61 Å². The van der Waals surface area contributed by atoms with E-state index in [1.54, 1.807) is 7.11 Å². The van der Waals surface area contributed by atoms with Crippen molar-refractivity contribution in [2.24, 2.45) is 0 Å².